The normalized spacial score (nSPS) is 13.9. The second kappa shape index (κ2) is 8.12. The Bertz CT molecular complexity index is 1560. The fourth-order valence-corrected chi connectivity index (χ4v) is 4.58. The van der Waals surface area contributed by atoms with Gasteiger partial charge in [0.05, 0.1) is 40.5 Å². The average Bonchev–Trinajstić information content (AvgIpc) is 3.22. The molecule has 1 saturated carbocycles. The number of nitrogens with zero attached hydrogens (tertiary/aromatic N) is 6. The molecule has 5 aromatic rings. The van der Waals surface area contributed by atoms with Gasteiger partial charge in [0.15, 0.2) is 11.6 Å². The highest BCUT2D eigenvalue weighted by Gasteiger charge is 2.27. The van der Waals surface area contributed by atoms with Crippen molar-refractivity contribution in [1.82, 2.24) is 28.5 Å². The third-order valence-electron chi connectivity index (χ3n) is 6.20. The largest absolute Gasteiger partial charge is 0.303 e. The summed E-state index contributed by atoms with van der Waals surface area (Å²) in [4.78, 5) is 21.5. The SMILES string of the molecule is O=C(CCc1ncn2ccc(Br)c(F)c12)c1cnn(Cc2cn3c(F)c(C4CC4)ccc3n2)c1. The molecule has 0 spiro atoms. The van der Waals surface area contributed by atoms with Crippen LogP contribution in [-0.2, 0) is 13.0 Å². The Morgan fingerprint density at radius 2 is 2.03 bits per heavy atom. The van der Waals surface area contributed by atoms with Crippen LogP contribution in [0.3, 0.4) is 0 Å². The smallest absolute Gasteiger partial charge is 0.202 e. The first-order valence-corrected chi connectivity index (χ1v) is 11.8. The van der Waals surface area contributed by atoms with Crippen molar-refractivity contribution in [2.75, 3.05) is 0 Å². The van der Waals surface area contributed by atoms with E-state index in [-0.39, 0.29) is 18.2 Å². The first-order valence-electron chi connectivity index (χ1n) is 11.0. The Balaban J connectivity index is 1.16. The number of hydrogen-bond donors (Lipinski definition) is 0. The minimum atomic E-state index is -0.400. The molecule has 0 unspecified atom stereocenters. The fourth-order valence-electron chi connectivity index (χ4n) is 4.27. The number of rotatable bonds is 7. The second-order valence-corrected chi connectivity index (χ2v) is 9.44. The van der Waals surface area contributed by atoms with Crippen molar-refractivity contribution in [1.29, 1.82) is 0 Å². The Kier molecular flexibility index (Phi) is 5.05. The highest BCUT2D eigenvalue weighted by molar-refractivity contribution is 9.10. The number of imidazole rings is 2. The molecule has 7 nitrogen and oxygen atoms in total. The van der Waals surface area contributed by atoms with E-state index < -0.39 is 5.82 Å². The van der Waals surface area contributed by atoms with Gasteiger partial charge in [-0.2, -0.15) is 9.49 Å². The van der Waals surface area contributed by atoms with Gasteiger partial charge in [0.1, 0.15) is 11.2 Å². The predicted octanol–water partition coefficient (Wildman–Crippen LogP) is 4.96. The molecule has 172 valence electrons. The standard InChI is InChI=1S/C24H19BrF2N6O/c25-18-7-8-31-13-28-19(23(31)22(18)26)4-5-20(34)15-9-29-32(10-15)11-16-12-33-21(30-16)6-3-17(24(33)27)14-1-2-14/h3,6-10,12-14H,1-2,4-5,11H2. The number of hydrogen-bond acceptors (Lipinski definition) is 4. The molecule has 0 aromatic carbocycles. The van der Waals surface area contributed by atoms with Crippen molar-refractivity contribution in [3.05, 3.63) is 88.1 Å². The summed E-state index contributed by atoms with van der Waals surface area (Å²) >= 11 is 3.19. The number of fused-ring (bicyclic) bond motifs is 2. The van der Waals surface area contributed by atoms with Crippen LogP contribution in [0.4, 0.5) is 8.78 Å². The van der Waals surface area contributed by atoms with E-state index in [2.05, 4.69) is 31.0 Å². The minimum absolute atomic E-state index is 0.113. The van der Waals surface area contributed by atoms with E-state index in [0.717, 1.165) is 18.4 Å². The zero-order valence-corrected chi connectivity index (χ0v) is 19.5. The predicted molar refractivity (Wildman–Crippen MR) is 124 cm³/mol. The molecule has 0 bridgehead atoms. The average molecular weight is 525 g/mol. The van der Waals surface area contributed by atoms with E-state index in [0.29, 0.717) is 51.5 Å². The van der Waals surface area contributed by atoms with Crippen molar-refractivity contribution >= 4 is 32.9 Å². The number of aromatic nitrogens is 6. The van der Waals surface area contributed by atoms with Gasteiger partial charge >= 0.3 is 0 Å². The van der Waals surface area contributed by atoms with Crippen LogP contribution in [0, 0.1) is 11.8 Å². The van der Waals surface area contributed by atoms with Gasteiger partial charge in [-0.25, -0.2) is 14.4 Å². The maximum atomic E-state index is 14.8. The quantitative estimate of drug-likeness (QED) is 0.223. The minimum Gasteiger partial charge on any atom is -0.303 e. The zero-order valence-electron chi connectivity index (χ0n) is 18.0. The van der Waals surface area contributed by atoms with Crippen molar-refractivity contribution in [3.63, 3.8) is 0 Å². The molecular weight excluding hydrogens is 506 g/mol. The molecule has 1 aliphatic carbocycles. The second-order valence-electron chi connectivity index (χ2n) is 8.59. The molecule has 0 aliphatic heterocycles. The highest BCUT2D eigenvalue weighted by atomic mass is 79.9. The topological polar surface area (TPSA) is 69.5 Å². The van der Waals surface area contributed by atoms with Crippen LogP contribution in [0.2, 0.25) is 0 Å². The first kappa shape index (κ1) is 21.2. The molecule has 0 saturated heterocycles. The van der Waals surface area contributed by atoms with Crippen molar-refractivity contribution < 1.29 is 13.6 Å². The van der Waals surface area contributed by atoms with Crippen LogP contribution < -0.4 is 0 Å². The summed E-state index contributed by atoms with van der Waals surface area (Å²) in [5, 5.41) is 4.27. The molecule has 5 aromatic heterocycles. The maximum absolute atomic E-state index is 14.8. The Morgan fingerprint density at radius 3 is 2.85 bits per heavy atom. The van der Waals surface area contributed by atoms with Gasteiger partial charge in [-0.05, 0) is 53.2 Å². The number of Topliss-reactive ketones (excluding diaryl/α,β-unsaturated/α-hetero) is 1. The van der Waals surface area contributed by atoms with Gasteiger partial charge < -0.3 is 4.40 Å². The molecule has 6 rings (SSSR count). The van der Waals surface area contributed by atoms with Crippen LogP contribution in [0.1, 0.15) is 52.5 Å². The van der Waals surface area contributed by atoms with Gasteiger partial charge in [0.25, 0.3) is 0 Å². The van der Waals surface area contributed by atoms with Gasteiger partial charge in [-0.1, -0.05) is 6.07 Å². The summed E-state index contributed by atoms with van der Waals surface area (Å²) in [5.41, 5.74) is 3.28. The third kappa shape index (κ3) is 3.71. The number of carbonyl (C=O) groups excluding carboxylic acids is 1. The molecule has 5 heterocycles. The third-order valence-corrected chi connectivity index (χ3v) is 6.81. The molecular formula is C24H19BrF2N6O. The van der Waals surface area contributed by atoms with E-state index in [1.165, 1.54) is 16.9 Å². The number of ketones is 1. The van der Waals surface area contributed by atoms with E-state index in [4.69, 9.17) is 0 Å². The Labute approximate surface area is 201 Å². The monoisotopic (exact) mass is 524 g/mol. The molecule has 10 heteroatoms. The Morgan fingerprint density at radius 1 is 1.18 bits per heavy atom. The van der Waals surface area contributed by atoms with E-state index in [1.54, 1.807) is 33.7 Å². The van der Waals surface area contributed by atoms with Gasteiger partial charge in [0.2, 0.25) is 5.95 Å². The summed E-state index contributed by atoms with van der Waals surface area (Å²) in [5.74, 6) is -0.459. The summed E-state index contributed by atoms with van der Waals surface area (Å²) in [6.45, 7) is 0.318. The molecule has 0 radical (unpaired) electrons. The van der Waals surface area contributed by atoms with Crippen LogP contribution in [0.15, 0.2) is 53.8 Å². The summed E-state index contributed by atoms with van der Waals surface area (Å²) in [6, 6.07) is 5.26. The van der Waals surface area contributed by atoms with E-state index in [1.807, 2.05) is 12.1 Å². The van der Waals surface area contributed by atoms with E-state index >= 15 is 0 Å². The molecule has 1 aliphatic rings. The molecule has 0 amide bonds. The Hall–Kier alpha value is -3.40. The number of halogens is 3. The van der Waals surface area contributed by atoms with Crippen LogP contribution in [0.5, 0.6) is 0 Å². The molecule has 0 N–H and O–H groups in total. The van der Waals surface area contributed by atoms with E-state index in [9.17, 15) is 13.6 Å². The van der Waals surface area contributed by atoms with Crippen LogP contribution >= 0.6 is 15.9 Å². The molecule has 0 atom stereocenters. The number of carbonyl (C=O) groups is 1. The van der Waals surface area contributed by atoms with Crippen molar-refractivity contribution in [2.24, 2.45) is 0 Å². The van der Waals surface area contributed by atoms with Gasteiger partial charge in [-0.15, -0.1) is 0 Å². The highest BCUT2D eigenvalue weighted by Crippen LogP contribution is 2.41. The molecule has 1 fully saturated rings. The maximum Gasteiger partial charge on any atom is 0.202 e. The lowest BCUT2D eigenvalue weighted by Crippen LogP contribution is -2.03. The van der Waals surface area contributed by atoms with Crippen molar-refractivity contribution in [3.8, 4) is 0 Å². The van der Waals surface area contributed by atoms with Gasteiger partial charge in [0, 0.05) is 30.6 Å². The number of aryl methyl sites for hydroxylation is 1. The zero-order chi connectivity index (χ0) is 23.4. The fraction of sp³-hybridized carbons (Fsp3) is 0.250. The van der Waals surface area contributed by atoms with Gasteiger partial charge in [-0.3, -0.25) is 13.9 Å². The molecule has 34 heavy (non-hydrogen) atoms. The van der Waals surface area contributed by atoms with Crippen LogP contribution in [-0.4, -0.2) is 34.3 Å². The summed E-state index contributed by atoms with van der Waals surface area (Å²) < 4.78 is 34.3. The number of pyridine rings is 2. The first-order chi connectivity index (χ1) is 16.5. The lowest BCUT2D eigenvalue weighted by Gasteiger charge is -2.02. The summed E-state index contributed by atoms with van der Waals surface area (Å²) in [7, 11) is 0. The summed E-state index contributed by atoms with van der Waals surface area (Å²) in [6.07, 6.45) is 10.6. The lowest BCUT2D eigenvalue weighted by molar-refractivity contribution is 0.0982. The lowest BCUT2D eigenvalue weighted by atomic mass is 10.1. The van der Waals surface area contributed by atoms with Crippen molar-refractivity contribution in [2.45, 2.75) is 38.1 Å². The van der Waals surface area contributed by atoms with Crippen LogP contribution in [0.25, 0.3) is 11.2 Å².